The molecule has 0 heterocycles. The van der Waals surface area contributed by atoms with Gasteiger partial charge in [-0.25, -0.2) is 0 Å². The number of halogens is 6. The van der Waals surface area contributed by atoms with E-state index in [-0.39, 0.29) is 0 Å². The topological polar surface area (TPSA) is 26.8 Å². The summed E-state index contributed by atoms with van der Waals surface area (Å²) in [5.74, 6) is 0. The van der Waals surface area contributed by atoms with Crippen molar-refractivity contribution in [3.8, 4) is 0 Å². The molecule has 0 aliphatic carbocycles. The van der Waals surface area contributed by atoms with Crippen molar-refractivity contribution in [2.75, 3.05) is 0 Å². The molecule has 0 N–H and O–H groups in total. The Hall–Kier alpha value is -0.310. The molecule has 0 saturated heterocycles. The van der Waals surface area contributed by atoms with Gasteiger partial charge in [0.25, 0.3) is 0 Å². The van der Waals surface area contributed by atoms with E-state index in [1.165, 1.54) is 0 Å². The van der Waals surface area contributed by atoms with E-state index in [1.54, 1.807) is 0 Å². The number of hydrogen-bond acceptors (Lipinski definition) is 1. The lowest BCUT2D eigenvalue weighted by molar-refractivity contribution is -0.176. The smallest absolute Gasteiger partial charge is 0.255 e. The Bertz CT molecular complexity index is 139. The van der Waals surface area contributed by atoms with Crippen molar-refractivity contribution in [2.45, 2.75) is 0 Å². The van der Waals surface area contributed by atoms with Crippen LogP contribution in [0.5, 0.6) is 0 Å². The predicted molar refractivity (Wildman–Crippen MR) is 19.8 cm³/mol. The van der Waals surface area contributed by atoms with E-state index >= 15 is 0 Å². The second-order valence-corrected chi connectivity index (χ2v) is 3.09. The first-order valence-corrected chi connectivity index (χ1v) is 3.36. The molecule has 0 aliphatic heterocycles. The summed E-state index contributed by atoms with van der Waals surface area (Å²) in [6.07, 6.45) is 0. The number of rotatable bonds is 3. The molecular weight excluding hydrogens is 203 g/mol. The fourth-order valence-corrected chi connectivity index (χ4v) is 0.460. The largest absolute Gasteiger partial charge is 0.453 e. The molecule has 11 heavy (non-hydrogen) atoms. The van der Waals surface area contributed by atoms with Gasteiger partial charge < -0.3 is 0 Å². The third-order valence-electron chi connectivity index (χ3n) is 0.591. The summed E-state index contributed by atoms with van der Waals surface area (Å²) >= 11 is 0. The maximum atomic E-state index is 11.1. The Balaban J connectivity index is 4.69. The van der Waals surface area contributed by atoms with Crippen molar-refractivity contribution in [3.05, 3.63) is 0 Å². The average molecular weight is 203 g/mol. The van der Waals surface area contributed by atoms with E-state index < -0.39 is 22.9 Å². The summed E-state index contributed by atoms with van der Waals surface area (Å²) in [5.41, 5.74) is 0. The SMILES string of the molecule is O=P(N(F)F)(N(F)F)N(F)F. The van der Waals surface area contributed by atoms with E-state index in [2.05, 4.69) is 0 Å². The molecule has 0 aromatic heterocycles. The van der Waals surface area contributed by atoms with Gasteiger partial charge in [0.1, 0.15) is 15.3 Å². The summed E-state index contributed by atoms with van der Waals surface area (Å²) in [4.78, 5) is 0. The third kappa shape index (κ3) is 1.83. The zero-order valence-corrected chi connectivity index (χ0v) is 5.36. The van der Waals surface area contributed by atoms with Gasteiger partial charge in [-0.3, -0.25) is 4.57 Å². The minimum atomic E-state index is -6.44. The first-order valence-electron chi connectivity index (χ1n) is 1.80. The minimum Gasteiger partial charge on any atom is -0.255 e. The van der Waals surface area contributed by atoms with E-state index in [9.17, 15) is 31.5 Å². The summed E-state index contributed by atoms with van der Waals surface area (Å²) < 4.78 is 76.5. The van der Waals surface area contributed by atoms with Gasteiger partial charge in [0, 0.05) is 0 Å². The average Bonchev–Trinajstić information content (AvgIpc) is 1.84. The predicted octanol–water partition coefficient (Wildman–Crippen LogP) is 2.31. The van der Waals surface area contributed by atoms with Gasteiger partial charge in [0.05, 0.1) is 0 Å². The normalized spacial score (nSPS) is 13.5. The van der Waals surface area contributed by atoms with Gasteiger partial charge in [-0.15, -0.1) is 0 Å². The Labute approximate surface area is 55.7 Å². The van der Waals surface area contributed by atoms with Crippen molar-refractivity contribution in [2.24, 2.45) is 0 Å². The molecule has 0 aromatic rings. The Morgan fingerprint density at radius 3 is 0.909 bits per heavy atom. The molecule has 0 radical (unpaired) electrons. The highest BCUT2D eigenvalue weighted by atomic mass is 31.2. The summed E-state index contributed by atoms with van der Waals surface area (Å²) in [6.45, 7) is 0. The summed E-state index contributed by atoms with van der Waals surface area (Å²) in [7, 11) is -6.44. The van der Waals surface area contributed by atoms with Gasteiger partial charge in [0.15, 0.2) is 0 Å². The highest BCUT2D eigenvalue weighted by molar-refractivity contribution is 7.55. The minimum absolute atomic E-state index is 2.76. The molecule has 0 amide bonds. The lowest BCUT2D eigenvalue weighted by atomic mass is 13.5. The van der Waals surface area contributed by atoms with E-state index in [1.807, 2.05) is 0 Å². The Kier molecular flexibility index (Phi) is 3.30. The number of hydrogen-bond donors (Lipinski definition) is 0. The quantitative estimate of drug-likeness (QED) is 0.399. The molecule has 0 fully saturated rings. The van der Waals surface area contributed by atoms with Crippen molar-refractivity contribution >= 4 is 7.59 Å². The molecule has 0 bridgehead atoms. The summed E-state index contributed by atoms with van der Waals surface area (Å²) in [6, 6.07) is 0. The van der Waals surface area contributed by atoms with Gasteiger partial charge in [-0.05, 0) is 0 Å². The van der Waals surface area contributed by atoms with Crippen LogP contribution in [0.3, 0.4) is 0 Å². The van der Waals surface area contributed by atoms with E-state index in [4.69, 9.17) is 0 Å². The zero-order valence-electron chi connectivity index (χ0n) is 4.46. The highest BCUT2D eigenvalue weighted by Crippen LogP contribution is 2.58. The zero-order chi connectivity index (χ0) is 9.23. The van der Waals surface area contributed by atoms with Crippen molar-refractivity contribution in [1.82, 2.24) is 15.3 Å². The fourth-order valence-electron chi connectivity index (χ4n) is 0.153. The molecule has 0 atom stereocenters. The fraction of sp³-hybridized carbons (Fsp3) is 0. The van der Waals surface area contributed by atoms with Gasteiger partial charge in [0.2, 0.25) is 0 Å². The van der Waals surface area contributed by atoms with Crippen LogP contribution in [0.15, 0.2) is 0 Å². The first-order chi connectivity index (χ1) is 4.83. The molecule has 0 saturated carbocycles. The molecular formula is F6N3OP. The second kappa shape index (κ2) is 3.39. The second-order valence-electron chi connectivity index (χ2n) is 1.16. The highest BCUT2D eigenvalue weighted by Gasteiger charge is 2.50. The summed E-state index contributed by atoms with van der Waals surface area (Å²) in [5, 5.41) is -8.27. The van der Waals surface area contributed by atoms with E-state index in [0.717, 1.165) is 0 Å². The maximum Gasteiger partial charge on any atom is 0.453 e. The van der Waals surface area contributed by atoms with Crippen LogP contribution in [-0.4, -0.2) is 15.3 Å². The van der Waals surface area contributed by atoms with Crippen LogP contribution < -0.4 is 0 Å². The van der Waals surface area contributed by atoms with Crippen LogP contribution in [-0.2, 0) is 4.57 Å². The van der Waals surface area contributed by atoms with Crippen LogP contribution in [0.1, 0.15) is 0 Å². The van der Waals surface area contributed by atoms with Crippen molar-refractivity contribution in [1.29, 1.82) is 0 Å². The monoisotopic (exact) mass is 203 g/mol. The maximum absolute atomic E-state index is 11.1. The van der Waals surface area contributed by atoms with E-state index in [0.29, 0.717) is 0 Å². The Morgan fingerprint density at radius 2 is 0.909 bits per heavy atom. The third-order valence-corrected chi connectivity index (χ3v) is 1.77. The molecule has 0 spiro atoms. The van der Waals surface area contributed by atoms with Crippen LogP contribution in [0.25, 0.3) is 0 Å². The Morgan fingerprint density at radius 1 is 0.727 bits per heavy atom. The molecule has 4 nitrogen and oxygen atoms in total. The van der Waals surface area contributed by atoms with Gasteiger partial charge >= 0.3 is 7.59 Å². The lowest BCUT2D eigenvalue weighted by Gasteiger charge is -2.14. The van der Waals surface area contributed by atoms with Crippen LogP contribution >= 0.6 is 7.59 Å². The molecule has 68 valence electrons. The molecule has 0 aliphatic rings. The number of nitrogens with zero attached hydrogens (tertiary/aromatic N) is 3. The molecule has 0 rings (SSSR count). The standard InChI is InChI=1S/F6N3OP/c1-7(2)11(10,8(3)4)9(5)6. The van der Waals surface area contributed by atoms with Crippen LogP contribution in [0.4, 0.5) is 26.9 Å². The van der Waals surface area contributed by atoms with Crippen LogP contribution in [0, 0.1) is 0 Å². The molecule has 0 aromatic carbocycles. The van der Waals surface area contributed by atoms with Gasteiger partial charge in [-0.1, -0.05) is 26.9 Å². The lowest BCUT2D eigenvalue weighted by Crippen LogP contribution is -2.17. The molecule has 0 unspecified atom stereocenters. The molecule has 11 heteroatoms. The van der Waals surface area contributed by atoms with Crippen molar-refractivity contribution < 1.29 is 31.5 Å². The van der Waals surface area contributed by atoms with Gasteiger partial charge in [-0.2, -0.15) is 0 Å². The van der Waals surface area contributed by atoms with Crippen LogP contribution in [0.2, 0.25) is 0 Å². The van der Waals surface area contributed by atoms with Crippen molar-refractivity contribution in [3.63, 3.8) is 0 Å². The first kappa shape index (κ1) is 10.7.